The molecule has 0 bridgehead atoms. The lowest BCUT2D eigenvalue weighted by atomic mass is 10.0. The molecule has 4 nitrogen and oxygen atoms in total. The number of amides is 1. The summed E-state index contributed by atoms with van der Waals surface area (Å²) in [5.74, 6) is 0.472. The summed E-state index contributed by atoms with van der Waals surface area (Å²) >= 11 is 0. The Bertz CT molecular complexity index is 602. The van der Waals surface area contributed by atoms with E-state index in [4.69, 9.17) is 0 Å². The summed E-state index contributed by atoms with van der Waals surface area (Å²) in [4.78, 5) is 12.4. The first-order valence-corrected chi connectivity index (χ1v) is 7.68. The first-order chi connectivity index (χ1) is 10.3. The van der Waals surface area contributed by atoms with Crippen molar-refractivity contribution in [2.75, 3.05) is 0 Å². The Kier molecular flexibility index (Phi) is 4.04. The van der Waals surface area contributed by atoms with E-state index in [1.807, 2.05) is 24.3 Å². The van der Waals surface area contributed by atoms with Crippen LogP contribution >= 0.6 is 0 Å². The molecule has 0 unspecified atom stereocenters. The average Bonchev–Trinajstić information content (AvgIpc) is 3.24. The molecule has 110 valence electrons. The predicted molar refractivity (Wildman–Crippen MR) is 82.0 cm³/mol. The lowest BCUT2D eigenvalue weighted by Crippen LogP contribution is -2.30. The number of benzene rings is 1. The summed E-state index contributed by atoms with van der Waals surface area (Å²) in [5.41, 5.74) is 2.68. The molecule has 0 saturated heterocycles. The molecule has 0 radical (unpaired) electrons. The molecule has 0 aliphatic heterocycles. The van der Waals surface area contributed by atoms with Gasteiger partial charge in [0.2, 0.25) is 0 Å². The Morgan fingerprint density at radius 3 is 2.81 bits per heavy atom. The summed E-state index contributed by atoms with van der Waals surface area (Å²) in [5, 5.41) is 10.2. The predicted octanol–water partition coefficient (Wildman–Crippen LogP) is 3.24. The quantitative estimate of drug-likeness (QED) is 0.855. The van der Waals surface area contributed by atoms with E-state index in [-0.39, 0.29) is 11.9 Å². The number of hydrogen-bond donors (Lipinski definition) is 2. The average molecular weight is 283 g/mol. The van der Waals surface area contributed by atoms with Crippen LogP contribution in [0, 0.1) is 5.92 Å². The third-order valence-corrected chi connectivity index (χ3v) is 3.92. The fourth-order valence-corrected chi connectivity index (χ4v) is 2.65. The van der Waals surface area contributed by atoms with Crippen LogP contribution in [0.5, 0.6) is 0 Å². The van der Waals surface area contributed by atoms with Crippen LogP contribution < -0.4 is 5.32 Å². The van der Waals surface area contributed by atoms with Crippen LogP contribution in [0.15, 0.2) is 36.4 Å². The SMILES string of the molecule is CCCc1cc(C(=O)N[C@@H](c2ccccc2)C2CC2)n[nH]1. The van der Waals surface area contributed by atoms with Crippen molar-refractivity contribution >= 4 is 5.91 Å². The molecule has 3 rings (SSSR count). The Labute approximate surface area is 125 Å². The van der Waals surface area contributed by atoms with Gasteiger partial charge in [0.15, 0.2) is 0 Å². The van der Waals surface area contributed by atoms with Crippen LogP contribution in [0.3, 0.4) is 0 Å². The van der Waals surface area contributed by atoms with Gasteiger partial charge in [-0.3, -0.25) is 9.89 Å². The van der Waals surface area contributed by atoms with Crippen LogP contribution in [0.25, 0.3) is 0 Å². The summed E-state index contributed by atoms with van der Waals surface area (Å²) in [6.07, 6.45) is 4.33. The normalized spacial score (nSPS) is 15.7. The number of aromatic amines is 1. The van der Waals surface area contributed by atoms with Crippen LogP contribution in [0.4, 0.5) is 0 Å². The molecule has 1 fully saturated rings. The first kappa shape index (κ1) is 13.9. The van der Waals surface area contributed by atoms with Crippen molar-refractivity contribution in [3.05, 3.63) is 53.3 Å². The van der Waals surface area contributed by atoms with Crippen molar-refractivity contribution in [2.24, 2.45) is 5.92 Å². The minimum atomic E-state index is -0.0886. The maximum atomic E-state index is 12.4. The van der Waals surface area contributed by atoms with Gasteiger partial charge in [0, 0.05) is 5.69 Å². The molecule has 1 aromatic heterocycles. The van der Waals surface area contributed by atoms with Gasteiger partial charge in [0.25, 0.3) is 5.91 Å². The van der Waals surface area contributed by atoms with Crippen LogP contribution in [-0.4, -0.2) is 16.1 Å². The Balaban J connectivity index is 1.72. The van der Waals surface area contributed by atoms with Gasteiger partial charge in [0.05, 0.1) is 6.04 Å². The molecule has 0 spiro atoms. The Morgan fingerprint density at radius 2 is 2.14 bits per heavy atom. The van der Waals surface area contributed by atoms with Crippen LogP contribution in [0.1, 0.15) is 54.0 Å². The van der Waals surface area contributed by atoms with Gasteiger partial charge in [-0.15, -0.1) is 0 Å². The van der Waals surface area contributed by atoms with E-state index in [1.165, 1.54) is 18.4 Å². The number of H-pyrrole nitrogens is 1. The minimum Gasteiger partial charge on any atom is -0.344 e. The van der Waals surface area contributed by atoms with Gasteiger partial charge in [-0.1, -0.05) is 43.7 Å². The number of nitrogens with zero attached hydrogens (tertiary/aromatic N) is 1. The fourth-order valence-electron chi connectivity index (χ4n) is 2.65. The second kappa shape index (κ2) is 6.12. The number of carbonyl (C=O) groups is 1. The maximum Gasteiger partial charge on any atom is 0.272 e. The number of rotatable bonds is 6. The van der Waals surface area contributed by atoms with Crippen molar-refractivity contribution in [2.45, 2.75) is 38.6 Å². The van der Waals surface area contributed by atoms with Gasteiger partial charge in [-0.25, -0.2) is 0 Å². The molecule has 1 aliphatic rings. The monoisotopic (exact) mass is 283 g/mol. The summed E-state index contributed by atoms with van der Waals surface area (Å²) in [6.45, 7) is 2.11. The minimum absolute atomic E-state index is 0.0886. The largest absolute Gasteiger partial charge is 0.344 e. The molecule has 1 saturated carbocycles. The zero-order valence-electron chi connectivity index (χ0n) is 12.3. The highest BCUT2D eigenvalue weighted by Gasteiger charge is 2.33. The highest BCUT2D eigenvalue weighted by atomic mass is 16.2. The topological polar surface area (TPSA) is 57.8 Å². The maximum absolute atomic E-state index is 12.4. The van der Waals surface area contributed by atoms with Gasteiger partial charge in [-0.2, -0.15) is 5.10 Å². The van der Waals surface area contributed by atoms with Crippen molar-refractivity contribution < 1.29 is 4.79 Å². The van der Waals surface area contributed by atoms with E-state index in [0.717, 1.165) is 18.5 Å². The zero-order valence-corrected chi connectivity index (χ0v) is 12.3. The highest BCUT2D eigenvalue weighted by Crippen LogP contribution is 2.41. The van der Waals surface area contributed by atoms with Crippen molar-refractivity contribution in [1.29, 1.82) is 0 Å². The number of aryl methyl sites for hydroxylation is 1. The number of aromatic nitrogens is 2. The van der Waals surface area contributed by atoms with Gasteiger partial charge >= 0.3 is 0 Å². The van der Waals surface area contributed by atoms with E-state index in [0.29, 0.717) is 11.6 Å². The van der Waals surface area contributed by atoms with Gasteiger partial charge in [0.1, 0.15) is 5.69 Å². The summed E-state index contributed by atoms with van der Waals surface area (Å²) in [7, 11) is 0. The number of carbonyl (C=O) groups excluding carboxylic acids is 1. The number of hydrogen-bond acceptors (Lipinski definition) is 2. The number of nitrogens with one attached hydrogen (secondary N) is 2. The molecular weight excluding hydrogens is 262 g/mol. The second-order valence-corrected chi connectivity index (χ2v) is 5.73. The fraction of sp³-hybridized carbons (Fsp3) is 0.412. The second-order valence-electron chi connectivity index (χ2n) is 5.73. The van der Waals surface area contributed by atoms with Crippen LogP contribution in [0.2, 0.25) is 0 Å². The Hall–Kier alpha value is -2.10. The van der Waals surface area contributed by atoms with E-state index >= 15 is 0 Å². The standard InChI is InChI=1S/C17H21N3O/c1-2-6-14-11-15(20-19-14)17(21)18-16(13-9-10-13)12-7-4-3-5-8-12/h3-5,7-8,11,13,16H,2,6,9-10H2,1H3,(H,18,21)(H,19,20)/t16-/m0/s1. The smallest absolute Gasteiger partial charge is 0.272 e. The lowest BCUT2D eigenvalue weighted by molar-refractivity contribution is 0.0926. The molecular formula is C17H21N3O. The van der Waals surface area contributed by atoms with Crippen molar-refractivity contribution in [1.82, 2.24) is 15.5 Å². The van der Waals surface area contributed by atoms with Gasteiger partial charge < -0.3 is 5.32 Å². The molecule has 2 aromatic rings. The molecule has 21 heavy (non-hydrogen) atoms. The van der Waals surface area contributed by atoms with E-state index in [1.54, 1.807) is 0 Å². The molecule has 1 aliphatic carbocycles. The van der Waals surface area contributed by atoms with E-state index in [2.05, 4.69) is 34.6 Å². The highest BCUT2D eigenvalue weighted by molar-refractivity contribution is 5.92. The third-order valence-electron chi connectivity index (χ3n) is 3.92. The summed E-state index contributed by atoms with van der Waals surface area (Å²) in [6, 6.07) is 12.2. The zero-order chi connectivity index (χ0) is 14.7. The van der Waals surface area contributed by atoms with Crippen molar-refractivity contribution in [3.8, 4) is 0 Å². The van der Waals surface area contributed by atoms with Crippen molar-refractivity contribution in [3.63, 3.8) is 0 Å². The third kappa shape index (κ3) is 3.32. The molecule has 1 atom stereocenters. The molecule has 2 N–H and O–H groups in total. The lowest BCUT2D eigenvalue weighted by Gasteiger charge is -2.18. The molecule has 1 amide bonds. The molecule has 4 heteroatoms. The molecule has 1 aromatic carbocycles. The first-order valence-electron chi connectivity index (χ1n) is 7.68. The molecule has 1 heterocycles. The van der Waals surface area contributed by atoms with Crippen LogP contribution in [-0.2, 0) is 6.42 Å². The van der Waals surface area contributed by atoms with E-state index < -0.39 is 0 Å². The van der Waals surface area contributed by atoms with E-state index in [9.17, 15) is 4.79 Å². The Morgan fingerprint density at radius 1 is 1.38 bits per heavy atom. The summed E-state index contributed by atoms with van der Waals surface area (Å²) < 4.78 is 0. The van der Waals surface area contributed by atoms with Gasteiger partial charge in [-0.05, 0) is 36.8 Å².